The number of carboxylic acids is 1. The van der Waals surface area contributed by atoms with E-state index in [4.69, 9.17) is 10.1 Å². The SMILES string of the molecule is O=C(O)CCN1CCc2nc(C3CCCCC3)sc2C1. The van der Waals surface area contributed by atoms with Crippen LogP contribution in [0.3, 0.4) is 0 Å². The molecule has 5 heteroatoms. The summed E-state index contributed by atoms with van der Waals surface area (Å²) in [5.41, 5.74) is 1.28. The van der Waals surface area contributed by atoms with Crippen molar-refractivity contribution in [3.63, 3.8) is 0 Å². The Kier molecular flexibility index (Phi) is 4.36. The summed E-state index contributed by atoms with van der Waals surface area (Å²) in [4.78, 5) is 19.2. The van der Waals surface area contributed by atoms with Gasteiger partial charge < -0.3 is 5.11 Å². The third-order valence-electron chi connectivity index (χ3n) is 4.42. The van der Waals surface area contributed by atoms with Crippen molar-refractivity contribution in [2.24, 2.45) is 0 Å². The van der Waals surface area contributed by atoms with Crippen LogP contribution in [0.2, 0.25) is 0 Å². The second-order valence-corrected chi connectivity index (χ2v) is 7.04. The Morgan fingerprint density at radius 2 is 2.15 bits per heavy atom. The van der Waals surface area contributed by atoms with Gasteiger partial charge in [-0.25, -0.2) is 4.98 Å². The molecule has 1 aliphatic carbocycles. The standard InChI is InChI=1S/C15H22N2O2S/c18-14(19)7-9-17-8-6-12-13(10-17)20-15(16-12)11-4-2-1-3-5-11/h11H,1-10H2,(H,18,19). The van der Waals surface area contributed by atoms with Crippen LogP contribution in [0.4, 0.5) is 0 Å². The van der Waals surface area contributed by atoms with Gasteiger partial charge in [0, 0.05) is 36.9 Å². The fourth-order valence-electron chi connectivity index (χ4n) is 3.24. The van der Waals surface area contributed by atoms with Crippen molar-refractivity contribution >= 4 is 17.3 Å². The predicted octanol–water partition coefficient (Wildman–Crippen LogP) is 3.02. The Balaban J connectivity index is 1.64. The maximum absolute atomic E-state index is 10.7. The number of nitrogens with zero attached hydrogens (tertiary/aromatic N) is 2. The van der Waals surface area contributed by atoms with Crippen LogP contribution in [0, 0.1) is 0 Å². The molecule has 1 N–H and O–H groups in total. The van der Waals surface area contributed by atoms with Crippen LogP contribution >= 0.6 is 11.3 Å². The molecule has 0 amide bonds. The zero-order valence-electron chi connectivity index (χ0n) is 11.8. The Morgan fingerprint density at radius 1 is 1.35 bits per heavy atom. The third-order valence-corrected chi connectivity index (χ3v) is 5.67. The van der Waals surface area contributed by atoms with Crippen molar-refractivity contribution < 1.29 is 9.90 Å². The number of carbonyl (C=O) groups is 1. The van der Waals surface area contributed by atoms with Crippen molar-refractivity contribution in [1.82, 2.24) is 9.88 Å². The van der Waals surface area contributed by atoms with Crippen molar-refractivity contribution in [3.8, 4) is 0 Å². The number of fused-ring (bicyclic) bond motifs is 1. The van der Waals surface area contributed by atoms with E-state index in [1.54, 1.807) is 0 Å². The van der Waals surface area contributed by atoms with E-state index in [0.29, 0.717) is 12.5 Å². The van der Waals surface area contributed by atoms with E-state index in [1.165, 1.54) is 47.7 Å². The molecule has 1 aromatic heterocycles. The molecule has 20 heavy (non-hydrogen) atoms. The monoisotopic (exact) mass is 294 g/mol. The van der Waals surface area contributed by atoms with Crippen molar-refractivity contribution in [3.05, 3.63) is 15.6 Å². The Morgan fingerprint density at radius 3 is 2.90 bits per heavy atom. The highest BCUT2D eigenvalue weighted by molar-refractivity contribution is 7.11. The third kappa shape index (κ3) is 3.20. The zero-order valence-corrected chi connectivity index (χ0v) is 12.6. The summed E-state index contributed by atoms with van der Waals surface area (Å²) in [6, 6.07) is 0. The van der Waals surface area contributed by atoms with Crippen molar-refractivity contribution in [2.45, 2.75) is 57.4 Å². The molecular formula is C15H22N2O2S. The normalized spacial score (nSPS) is 20.8. The summed E-state index contributed by atoms with van der Waals surface area (Å²) in [5.74, 6) is -0.0187. The van der Waals surface area contributed by atoms with Gasteiger partial charge in [-0.2, -0.15) is 0 Å². The first-order valence-corrected chi connectivity index (χ1v) is 8.46. The van der Waals surface area contributed by atoms with Crippen LogP contribution < -0.4 is 0 Å². The molecule has 0 unspecified atom stereocenters. The van der Waals surface area contributed by atoms with Crippen molar-refractivity contribution in [1.29, 1.82) is 0 Å². The van der Waals surface area contributed by atoms with E-state index in [1.807, 2.05) is 11.3 Å². The van der Waals surface area contributed by atoms with Gasteiger partial charge in [0.25, 0.3) is 0 Å². The van der Waals surface area contributed by atoms with Crippen LogP contribution in [-0.2, 0) is 17.8 Å². The number of carboxylic acid groups (broad SMARTS) is 1. The molecule has 1 saturated carbocycles. The summed E-state index contributed by atoms with van der Waals surface area (Å²) in [5, 5.41) is 10.1. The molecule has 0 saturated heterocycles. The van der Waals surface area contributed by atoms with Gasteiger partial charge in [0.1, 0.15) is 0 Å². The molecule has 2 heterocycles. The summed E-state index contributed by atoms with van der Waals surface area (Å²) >= 11 is 1.88. The van der Waals surface area contributed by atoms with Gasteiger partial charge >= 0.3 is 5.97 Å². The molecule has 0 bridgehead atoms. The molecule has 0 aromatic carbocycles. The molecule has 0 radical (unpaired) electrons. The van der Waals surface area contributed by atoms with Gasteiger partial charge in [-0.3, -0.25) is 9.69 Å². The van der Waals surface area contributed by atoms with Gasteiger partial charge in [0.15, 0.2) is 0 Å². The number of hydrogen-bond acceptors (Lipinski definition) is 4. The highest BCUT2D eigenvalue weighted by Gasteiger charge is 2.25. The average molecular weight is 294 g/mol. The van der Waals surface area contributed by atoms with Crippen LogP contribution in [0.15, 0.2) is 0 Å². The first-order valence-electron chi connectivity index (χ1n) is 7.65. The first-order chi connectivity index (χ1) is 9.72. The summed E-state index contributed by atoms with van der Waals surface area (Å²) < 4.78 is 0. The predicted molar refractivity (Wildman–Crippen MR) is 79.2 cm³/mol. The Labute approximate surface area is 123 Å². The summed E-state index contributed by atoms with van der Waals surface area (Å²) in [6.07, 6.45) is 7.90. The Hall–Kier alpha value is -0.940. The largest absolute Gasteiger partial charge is 0.481 e. The number of hydrogen-bond donors (Lipinski definition) is 1. The van der Waals surface area contributed by atoms with Crippen LogP contribution in [-0.4, -0.2) is 34.0 Å². The van der Waals surface area contributed by atoms with E-state index < -0.39 is 5.97 Å². The molecule has 1 fully saturated rings. The van der Waals surface area contributed by atoms with Gasteiger partial charge in [0.2, 0.25) is 0 Å². The van der Waals surface area contributed by atoms with E-state index >= 15 is 0 Å². The smallest absolute Gasteiger partial charge is 0.304 e. The maximum atomic E-state index is 10.7. The first kappa shape index (κ1) is 14.0. The Bertz CT molecular complexity index is 480. The van der Waals surface area contributed by atoms with Crippen LogP contribution in [0.5, 0.6) is 0 Å². The molecule has 0 atom stereocenters. The molecule has 1 aromatic rings. The van der Waals surface area contributed by atoms with Crippen molar-refractivity contribution in [2.75, 3.05) is 13.1 Å². The minimum absolute atomic E-state index is 0.240. The fraction of sp³-hybridized carbons (Fsp3) is 0.733. The minimum Gasteiger partial charge on any atom is -0.481 e. The topological polar surface area (TPSA) is 53.4 Å². The molecule has 1 aliphatic heterocycles. The van der Waals surface area contributed by atoms with E-state index in [0.717, 1.165) is 19.5 Å². The highest BCUT2D eigenvalue weighted by atomic mass is 32.1. The molecule has 3 rings (SSSR count). The molecule has 0 spiro atoms. The van der Waals surface area contributed by atoms with E-state index in [2.05, 4.69) is 4.90 Å². The molecule has 4 nitrogen and oxygen atoms in total. The highest BCUT2D eigenvalue weighted by Crippen LogP contribution is 2.37. The van der Waals surface area contributed by atoms with Gasteiger partial charge in [0.05, 0.1) is 17.1 Å². The second-order valence-electron chi connectivity index (χ2n) is 5.93. The number of rotatable bonds is 4. The zero-order chi connectivity index (χ0) is 13.9. The maximum Gasteiger partial charge on any atom is 0.304 e. The lowest BCUT2D eigenvalue weighted by Gasteiger charge is -2.24. The fourth-order valence-corrected chi connectivity index (χ4v) is 4.56. The lowest BCUT2D eigenvalue weighted by atomic mass is 9.90. The number of thiazole rings is 1. The summed E-state index contributed by atoms with van der Waals surface area (Å²) in [6.45, 7) is 2.51. The summed E-state index contributed by atoms with van der Waals surface area (Å²) in [7, 11) is 0. The van der Waals surface area contributed by atoms with Gasteiger partial charge in [-0.05, 0) is 12.8 Å². The quantitative estimate of drug-likeness (QED) is 0.927. The molecule has 2 aliphatic rings. The van der Waals surface area contributed by atoms with Gasteiger partial charge in [-0.15, -0.1) is 11.3 Å². The van der Waals surface area contributed by atoms with E-state index in [-0.39, 0.29) is 6.42 Å². The lowest BCUT2D eigenvalue weighted by Crippen LogP contribution is -2.31. The average Bonchev–Trinajstić information content (AvgIpc) is 2.89. The van der Waals surface area contributed by atoms with Crippen LogP contribution in [0.25, 0.3) is 0 Å². The molecule has 110 valence electrons. The molecular weight excluding hydrogens is 272 g/mol. The lowest BCUT2D eigenvalue weighted by molar-refractivity contribution is -0.137. The minimum atomic E-state index is -0.706. The van der Waals surface area contributed by atoms with E-state index in [9.17, 15) is 4.79 Å². The van der Waals surface area contributed by atoms with Gasteiger partial charge in [-0.1, -0.05) is 19.3 Å². The number of aromatic nitrogens is 1. The van der Waals surface area contributed by atoms with Crippen LogP contribution in [0.1, 0.15) is 60.0 Å². The second kappa shape index (κ2) is 6.22. The number of aliphatic carboxylic acids is 1.